The van der Waals surface area contributed by atoms with Crippen molar-refractivity contribution in [2.45, 2.75) is 62.7 Å². The molecule has 3 fully saturated rings. The lowest BCUT2D eigenvalue weighted by Crippen LogP contribution is -2.71. The Bertz CT molecular complexity index is 1710. The van der Waals surface area contributed by atoms with Crippen LogP contribution >= 0.6 is 23.1 Å². The fourth-order valence-corrected chi connectivity index (χ4v) is 7.80. The van der Waals surface area contributed by atoms with Gasteiger partial charge < -0.3 is 31.6 Å². The minimum atomic E-state index is -1.30. The molecule has 47 heavy (non-hydrogen) atoms. The van der Waals surface area contributed by atoms with Crippen LogP contribution in [0.3, 0.4) is 0 Å². The lowest BCUT2D eigenvalue weighted by atomic mass is 10.0. The smallest absolute Gasteiger partial charge is 0.352 e. The van der Waals surface area contributed by atoms with Crippen molar-refractivity contribution < 1.29 is 38.5 Å². The van der Waals surface area contributed by atoms with Gasteiger partial charge in [0.15, 0.2) is 23.2 Å². The molecule has 0 radical (unpaired) electrons. The lowest BCUT2D eigenvalue weighted by Gasteiger charge is -2.49. The van der Waals surface area contributed by atoms with E-state index in [2.05, 4.69) is 15.5 Å². The number of carbonyl (C=O) groups is 5. The number of hydrogen-bond donors (Lipinski definition) is 4. The van der Waals surface area contributed by atoms with Crippen LogP contribution in [0.4, 0.5) is 5.13 Å². The van der Waals surface area contributed by atoms with Crippen molar-refractivity contribution in [3.63, 3.8) is 0 Å². The number of amides is 4. The van der Waals surface area contributed by atoms with Crippen LogP contribution in [0.2, 0.25) is 0 Å². The summed E-state index contributed by atoms with van der Waals surface area (Å²) in [5, 5.41) is 18.1. The van der Waals surface area contributed by atoms with Crippen LogP contribution < -0.4 is 21.4 Å². The number of carboxylic acids is 1. The van der Waals surface area contributed by atoms with Crippen LogP contribution in [0.15, 0.2) is 58.0 Å². The van der Waals surface area contributed by atoms with Crippen molar-refractivity contribution in [2.75, 3.05) is 18.0 Å². The van der Waals surface area contributed by atoms with Gasteiger partial charge in [-0.25, -0.2) is 9.78 Å². The molecule has 4 aliphatic rings. The van der Waals surface area contributed by atoms with E-state index >= 15 is 0 Å². The van der Waals surface area contributed by atoms with Gasteiger partial charge in [-0.3, -0.25) is 24.1 Å². The molecule has 6 rings (SSSR count). The normalized spacial score (nSPS) is 22.5. The standard InChI is InChI=1S/C30H32N8O7S2/c31-21(39)13-36-8-5-16(6-9-36)12-37-10-7-17(26(37)41)11-18-14-46-28-23(27(42)38(28)24(18)29(43)44)34-25(40)22(20-15-47-30(32)33-20)35-45-19-3-1-2-4-19/h5-6,8-9,11,15,19,23,28H,1-4,7,10,12-14H2,(H5-,31,32,33,34,39,40,43,44)/p+1/b17-11+,35-22-/t23-,28-/m1/s1. The molecule has 0 unspecified atom stereocenters. The van der Waals surface area contributed by atoms with E-state index in [9.17, 15) is 29.1 Å². The Morgan fingerprint density at radius 2 is 1.96 bits per heavy atom. The number of oxime groups is 1. The molecular weight excluding hydrogens is 649 g/mol. The molecule has 6 N–H and O–H groups in total. The van der Waals surface area contributed by atoms with Gasteiger partial charge in [0.1, 0.15) is 28.9 Å². The van der Waals surface area contributed by atoms with Crippen LogP contribution in [0.5, 0.6) is 0 Å². The number of pyridine rings is 1. The summed E-state index contributed by atoms with van der Waals surface area (Å²) in [6.07, 6.45) is 8.96. The summed E-state index contributed by atoms with van der Waals surface area (Å²) >= 11 is 2.43. The summed E-state index contributed by atoms with van der Waals surface area (Å²) in [6, 6.07) is 2.60. The zero-order chi connectivity index (χ0) is 33.2. The molecular formula is C30H33N8O7S2+. The number of anilines is 1. The van der Waals surface area contributed by atoms with Gasteiger partial charge in [0.25, 0.3) is 17.7 Å². The van der Waals surface area contributed by atoms with Gasteiger partial charge >= 0.3 is 5.97 Å². The van der Waals surface area contributed by atoms with Crippen molar-refractivity contribution in [2.24, 2.45) is 10.9 Å². The van der Waals surface area contributed by atoms with E-state index in [1.807, 2.05) is 0 Å². The number of carboxylic acid groups (broad SMARTS) is 1. The first-order chi connectivity index (χ1) is 22.6. The van der Waals surface area contributed by atoms with Crippen molar-refractivity contribution in [1.29, 1.82) is 0 Å². The third-order valence-electron chi connectivity index (χ3n) is 8.30. The largest absolute Gasteiger partial charge is 0.477 e. The Morgan fingerprint density at radius 3 is 2.62 bits per heavy atom. The predicted octanol–water partition coefficient (Wildman–Crippen LogP) is 0.259. The third kappa shape index (κ3) is 6.85. The van der Waals surface area contributed by atoms with E-state index in [0.717, 1.165) is 47.5 Å². The molecule has 4 amide bonds. The number of nitrogens with zero attached hydrogens (tertiary/aromatic N) is 5. The van der Waals surface area contributed by atoms with Crippen LogP contribution in [0.25, 0.3) is 0 Å². The number of aliphatic carboxylic acids is 1. The van der Waals surface area contributed by atoms with Gasteiger partial charge in [-0.1, -0.05) is 5.16 Å². The lowest BCUT2D eigenvalue weighted by molar-refractivity contribution is -0.684. The highest BCUT2D eigenvalue weighted by Crippen LogP contribution is 2.41. The Balaban J connectivity index is 1.14. The SMILES string of the molecule is NC(=O)C[n+]1ccc(CN2CC/C(=C\C3=C(C(=O)O)N4C(=O)[C@@H](NC(=O)/C(=N\OC5CCCC5)c5csc(N)n5)[C@H]4SC3)C2=O)cc1. The first kappa shape index (κ1) is 32.2. The van der Waals surface area contributed by atoms with Crippen molar-refractivity contribution in [1.82, 2.24) is 20.1 Å². The minimum Gasteiger partial charge on any atom is -0.477 e. The molecule has 17 heteroatoms. The molecule has 0 spiro atoms. The molecule has 246 valence electrons. The number of nitrogens with two attached hydrogens (primary N) is 2. The predicted molar refractivity (Wildman–Crippen MR) is 170 cm³/mol. The van der Waals surface area contributed by atoms with Crippen molar-refractivity contribution in [3.8, 4) is 0 Å². The average molecular weight is 682 g/mol. The number of thioether (sulfide) groups is 1. The maximum absolute atomic E-state index is 13.4. The third-order valence-corrected chi connectivity index (χ3v) is 10.3. The van der Waals surface area contributed by atoms with E-state index < -0.39 is 35.1 Å². The molecule has 5 heterocycles. The molecule has 2 aromatic heterocycles. The molecule has 1 aliphatic carbocycles. The quantitative estimate of drug-likeness (QED) is 0.0835. The first-order valence-electron chi connectivity index (χ1n) is 15.0. The molecule has 1 saturated carbocycles. The molecule has 2 atom stereocenters. The summed E-state index contributed by atoms with van der Waals surface area (Å²) in [7, 11) is 0. The van der Waals surface area contributed by atoms with Crippen LogP contribution in [0.1, 0.15) is 43.4 Å². The highest BCUT2D eigenvalue weighted by molar-refractivity contribution is 8.00. The topological polar surface area (TPSA) is 214 Å². The van der Waals surface area contributed by atoms with Crippen LogP contribution in [0, 0.1) is 0 Å². The van der Waals surface area contributed by atoms with E-state index in [1.165, 1.54) is 11.8 Å². The van der Waals surface area contributed by atoms with Gasteiger partial charge in [0.05, 0.1) is 0 Å². The average Bonchev–Trinajstić information content (AvgIpc) is 3.80. The maximum Gasteiger partial charge on any atom is 0.352 e. The van der Waals surface area contributed by atoms with Crippen molar-refractivity contribution >= 4 is 63.5 Å². The molecule has 2 saturated heterocycles. The first-order valence-corrected chi connectivity index (χ1v) is 16.9. The Morgan fingerprint density at radius 1 is 1.21 bits per heavy atom. The van der Waals surface area contributed by atoms with Gasteiger partial charge in [-0.05, 0) is 49.3 Å². The fraction of sp³-hybridized carbons (Fsp3) is 0.400. The number of likely N-dealkylation sites (tertiary alicyclic amines) is 1. The molecule has 0 bridgehead atoms. The number of fused-ring (bicyclic) bond motifs is 1. The number of aromatic nitrogens is 2. The molecule has 3 aliphatic heterocycles. The maximum atomic E-state index is 13.4. The second-order valence-electron chi connectivity index (χ2n) is 11.6. The zero-order valence-corrected chi connectivity index (χ0v) is 26.8. The number of β-lactam (4-membered cyclic amide) rings is 1. The molecule has 15 nitrogen and oxygen atoms in total. The molecule has 0 aromatic carbocycles. The highest BCUT2D eigenvalue weighted by atomic mass is 32.2. The number of allylic oxidation sites excluding steroid dienone is 1. The number of rotatable bonds is 11. The number of nitrogens with one attached hydrogen (secondary N) is 1. The zero-order valence-electron chi connectivity index (χ0n) is 25.2. The van der Waals surface area contributed by atoms with Crippen molar-refractivity contribution in [3.05, 3.63) is 64.1 Å². The van der Waals surface area contributed by atoms with Crippen LogP contribution in [-0.4, -0.2) is 85.0 Å². The Labute approximate surface area is 277 Å². The second-order valence-corrected chi connectivity index (χ2v) is 13.5. The van der Waals surface area contributed by atoms with E-state index in [4.69, 9.17) is 16.3 Å². The fourth-order valence-electron chi connectivity index (χ4n) is 5.95. The van der Waals surface area contributed by atoms with Gasteiger partial charge in [0.2, 0.25) is 12.5 Å². The Kier molecular flexibility index (Phi) is 9.26. The Hall–Kier alpha value is -4.77. The minimum absolute atomic E-state index is 0.0507. The number of nitrogen functional groups attached to an aromatic ring is 1. The number of thiazole rings is 1. The summed E-state index contributed by atoms with van der Waals surface area (Å²) in [5.41, 5.74) is 12.6. The summed E-state index contributed by atoms with van der Waals surface area (Å²) in [5.74, 6) is -3.05. The van der Waals surface area contributed by atoms with Gasteiger partial charge in [-0.15, -0.1) is 23.1 Å². The highest BCUT2D eigenvalue weighted by Gasteiger charge is 2.54. The number of carbonyl (C=O) groups excluding carboxylic acids is 4. The molecule has 2 aromatic rings. The van der Waals surface area contributed by atoms with Crippen LogP contribution in [-0.2, 0) is 41.9 Å². The number of hydrogen-bond acceptors (Lipinski definition) is 11. The van der Waals surface area contributed by atoms with E-state index in [1.54, 1.807) is 45.4 Å². The number of primary amides is 1. The van der Waals surface area contributed by atoms with Gasteiger partial charge in [0, 0.05) is 41.9 Å². The summed E-state index contributed by atoms with van der Waals surface area (Å²) < 4.78 is 1.64. The monoisotopic (exact) mass is 681 g/mol. The van der Waals surface area contributed by atoms with E-state index in [0.29, 0.717) is 30.7 Å². The summed E-state index contributed by atoms with van der Waals surface area (Å²) in [6.45, 7) is 0.836. The van der Waals surface area contributed by atoms with Gasteiger partial charge in [-0.2, -0.15) is 4.57 Å². The summed E-state index contributed by atoms with van der Waals surface area (Å²) in [4.78, 5) is 76.1. The second kappa shape index (κ2) is 13.5. The van der Waals surface area contributed by atoms with E-state index in [-0.39, 0.29) is 46.5 Å².